The van der Waals surface area contributed by atoms with Gasteiger partial charge in [0.25, 0.3) is 0 Å². The van der Waals surface area contributed by atoms with Gasteiger partial charge in [0.2, 0.25) is 0 Å². The minimum atomic E-state index is 0.706. The van der Waals surface area contributed by atoms with Crippen LogP contribution in [0, 0.1) is 0 Å². The number of benzene rings is 1. The summed E-state index contributed by atoms with van der Waals surface area (Å²) in [4.78, 5) is 2.28. The summed E-state index contributed by atoms with van der Waals surface area (Å²) in [6.07, 6.45) is 2.42. The molecule has 3 heteroatoms. The molecule has 0 aromatic heterocycles. The zero-order valence-electron chi connectivity index (χ0n) is 12.1. The van der Waals surface area contributed by atoms with Crippen molar-refractivity contribution in [2.45, 2.75) is 33.2 Å². The Bertz CT molecular complexity index is 352. The van der Waals surface area contributed by atoms with Crippen LogP contribution in [0.1, 0.15) is 32.3 Å². The predicted molar refractivity (Wildman–Crippen MR) is 78.6 cm³/mol. The second-order valence-electron chi connectivity index (χ2n) is 4.54. The lowest BCUT2D eigenvalue weighted by Gasteiger charge is -2.22. The summed E-state index contributed by atoms with van der Waals surface area (Å²) in [6.45, 7) is 6.90. The third-order valence-corrected chi connectivity index (χ3v) is 2.96. The summed E-state index contributed by atoms with van der Waals surface area (Å²) in [5.74, 6) is 0.990. The second-order valence-corrected chi connectivity index (χ2v) is 4.54. The maximum absolute atomic E-state index is 5.76. The first-order valence-corrected chi connectivity index (χ1v) is 6.84. The molecule has 0 unspecified atom stereocenters. The lowest BCUT2D eigenvalue weighted by Crippen LogP contribution is -2.19. The van der Waals surface area contributed by atoms with Crippen LogP contribution in [-0.4, -0.2) is 27.2 Å². The lowest BCUT2D eigenvalue weighted by atomic mass is 10.1. The number of ether oxygens (including phenoxy) is 1. The van der Waals surface area contributed by atoms with Crippen LogP contribution in [0.15, 0.2) is 18.2 Å². The standard InChI is InChI=1S/C15H26N2O/c1-5-7-10-17(4)14-9-8-13(12-16-3)11-15(14)18-6-2/h8-9,11,16H,5-7,10,12H2,1-4H3. The van der Waals surface area contributed by atoms with E-state index in [2.05, 4.69) is 42.4 Å². The molecule has 1 rings (SSSR count). The Kier molecular flexibility index (Phi) is 6.58. The van der Waals surface area contributed by atoms with Gasteiger partial charge >= 0.3 is 0 Å². The van der Waals surface area contributed by atoms with Crippen LogP contribution in [0.2, 0.25) is 0 Å². The van der Waals surface area contributed by atoms with Gasteiger partial charge in [-0.15, -0.1) is 0 Å². The third-order valence-electron chi connectivity index (χ3n) is 2.96. The van der Waals surface area contributed by atoms with Crippen LogP contribution in [0.25, 0.3) is 0 Å². The highest BCUT2D eigenvalue weighted by atomic mass is 16.5. The molecule has 0 aliphatic heterocycles. The average molecular weight is 250 g/mol. The number of unbranched alkanes of at least 4 members (excludes halogenated alkanes) is 1. The molecule has 18 heavy (non-hydrogen) atoms. The molecule has 0 atom stereocenters. The zero-order valence-corrected chi connectivity index (χ0v) is 12.1. The fraction of sp³-hybridized carbons (Fsp3) is 0.600. The Morgan fingerprint density at radius 2 is 2.06 bits per heavy atom. The first kappa shape index (κ1) is 14.8. The van der Waals surface area contributed by atoms with Gasteiger partial charge in [0, 0.05) is 20.1 Å². The normalized spacial score (nSPS) is 10.4. The number of hydrogen-bond acceptors (Lipinski definition) is 3. The van der Waals surface area contributed by atoms with E-state index in [-0.39, 0.29) is 0 Å². The van der Waals surface area contributed by atoms with Gasteiger partial charge in [-0.3, -0.25) is 0 Å². The van der Waals surface area contributed by atoms with E-state index in [0.717, 1.165) is 18.8 Å². The van der Waals surface area contributed by atoms with Crippen molar-refractivity contribution in [1.29, 1.82) is 0 Å². The molecule has 0 fully saturated rings. The van der Waals surface area contributed by atoms with Gasteiger partial charge in [-0.25, -0.2) is 0 Å². The van der Waals surface area contributed by atoms with Crippen molar-refractivity contribution in [2.75, 3.05) is 32.1 Å². The lowest BCUT2D eigenvalue weighted by molar-refractivity contribution is 0.340. The van der Waals surface area contributed by atoms with Gasteiger partial charge in [0.1, 0.15) is 5.75 Å². The highest BCUT2D eigenvalue weighted by Crippen LogP contribution is 2.29. The highest BCUT2D eigenvalue weighted by Gasteiger charge is 2.09. The van der Waals surface area contributed by atoms with Gasteiger partial charge in [-0.1, -0.05) is 19.4 Å². The number of hydrogen-bond donors (Lipinski definition) is 1. The topological polar surface area (TPSA) is 24.5 Å². The molecule has 1 aromatic rings. The SMILES string of the molecule is CCCCN(C)c1ccc(CNC)cc1OCC. The van der Waals surface area contributed by atoms with Crippen LogP contribution in [0.4, 0.5) is 5.69 Å². The monoisotopic (exact) mass is 250 g/mol. The van der Waals surface area contributed by atoms with E-state index in [1.165, 1.54) is 24.1 Å². The Morgan fingerprint density at radius 1 is 1.28 bits per heavy atom. The van der Waals surface area contributed by atoms with Gasteiger partial charge in [-0.2, -0.15) is 0 Å². The van der Waals surface area contributed by atoms with Crippen molar-refractivity contribution in [3.63, 3.8) is 0 Å². The van der Waals surface area contributed by atoms with E-state index >= 15 is 0 Å². The molecular weight excluding hydrogens is 224 g/mol. The molecular formula is C15H26N2O. The Hall–Kier alpha value is -1.22. The maximum Gasteiger partial charge on any atom is 0.142 e. The maximum atomic E-state index is 5.76. The molecule has 0 aliphatic rings. The largest absolute Gasteiger partial charge is 0.492 e. The minimum absolute atomic E-state index is 0.706. The summed E-state index contributed by atoms with van der Waals surface area (Å²) in [6, 6.07) is 6.46. The molecule has 0 spiro atoms. The Balaban J connectivity index is 2.87. The molecule has 0 bridgehead atoms. The van der Waals surface area contributed by atoms with E-state index in [4.69, 9.17) is 4.74 Å². The van der Waals surface area contributed by atoms with Crippen molar-refractivity contribution in [1.82, 2.24) is 5.32 Å². The summed E-state index contributed by atoms with van der Waals surface area (Å²) >= 11 is 0. The van der Waals surface area contributed by atoms with Crippen LogP contribution in [-0.2, 0) is 6.54 Å². The van der Waals surface area contributed by atoms with E-state index in [1.54, 1.807) is 0 Å². The Labute approximate surface area is 111 Å². The first-order valence-electron chi connectivity index (χ1n) is 6.84. The first-order chi connectivity index (χ1) is 8.72. The van der Waals surface area contributed by atoms with Crippen molar-refractivity contribution < 1.29 is 4.74 Å². The second kappa shape index (κ2) is 7.98. The molecule has 0 radical (unpaired) electrons. The van der Waals surface area contributed by atoms with Crippen LogP contribution in [0.5, 0.6) is 5.75 Å². The molecule has 0 heterocycles. The number of nitrogens with zero attached hydrogens (tertiary/aromatic N) is 1. The summed E-state index contributed by atoms with van der Waals surface area (Å²) in [5.41, 5.74) is 2.44. The van der Waals surface area contributed by atoms with Crippen molar-refractivity contribution in [3.8, 4) is 5.75 Å². The predicted octanol–water partition coefficient (Wildman–Crippen LogP) is 3.04. The molecule has 3 nitrogen and oxygen atoms in total. The third kappa shape index (κ3) is 4.22. The molecule has 102 valence electrons. The molecule has 1 aromatic carbocycles. The fourth-order valence-corrected chi connectivity index (χ4v) is 1.97. The van der Waals surface area contributed by atoms with Crippen LogP contribution in [0.3, 0.4) is 0 Å². The molecule has 0 aliphatic carbocycles. The van der Waals surface area contributed by atoms with Gasteiger partial charge in [-0.05, 0) is 38.1 Å². The summed E-state index contributed by atoms with van der Waals surface area (Å²) in [7, 11) is 4.09. The van der Waals surface area contributed by atoms with Gasteiger partial charge in [0.15, 0.2) is 0 Å². The summed E-state index contributed by atoms with van der Waals surface area (Å²) < 4.78 is 5.76. The summed E-state index contributed by atoms with van der Waals surface area (Å²) in [5, 5.41) is 3.17. The molecule has 0 saturated carbocycles. The smallest absolute Gasteiger partial charge is 0.142 e. The Morgan fingerprint density at radius 3 is 2.67 bits per heavy atom. The zero-order chi connectivity index (χ0) is 13.4. The van der Waals surface area contributed by atoms with E-state index in [1.807, 2.05) is 14.0 Å². The van der Waals surface area contributed by atoms with Gasteiger partial charge < -0.3 is 15.0 Å². The van der Waals surface area contributed by atoms with E-state index in [0.29, 0.717) is 6.61 Å². The van der Waals surface area contributed by atoms with Crippen molar-refractivity contribution in [3.05, 3.63) is 23.8 Å². The van der Waals surface area contributed by atoms with E-state index in [9.17, 15) is 0 Å². The number of rotatable bonds is 8. The van der Waals surface area contributed by atoms with Crippen LogP contribution >= 0.6 is 0 Å². The quantitative estimate of drug-likeness (QED) is 0.767. The fourth-order valence-electron chi connectivity index (χ4n) is 1.97. The van der Waals surface area contributed by atoms with Crippen molar-refractivity contribution in [2.24, 2.45) is 0 Å². The van der Waals surface area contributed by atoms with Crippen LogP contribution < -0.4 is 15.0 Å². The van der Waals surface area contributed by atoms with Gasteiger partial charge in [0.05, 0.1) is 12.3 Å². The molecule has 1 N–H and O–H groups in total. The molecule has 0 amide bonds. The minimum Gasteiger partial charge on any atom is -0.492 e. The highest BCUT2D eigenvalue weighted by molar-refractivity contribution is 5.59. The van der Waals surface area contributed by atoms with E-state index < -0.39 is 0 Å². The van der Waals surface area contributed by atoms with Crippen molar-refractivity contribution >= 4 is 5.69 Å². The average Bonchev–Trinajstić information content (AvgIpc) is 2.37. The molecule has 0 saturated heterocycles. The number of anilines is 1. The number of nitrogens with one attached hydrogen (secondary N) is 1.